The zero-order valence-corrected chi connectivity index (χ0v) is 9.95. The quantitative estimate of drug-likeness (QED) is 0.873. The average molecular weight is 236 g/mol. The summed E-state index contributed by atoms with van der Waals surface area (Å²) in [5.74, 6) is -0.372. The Morgan fingerprint density at radius 1 is 1.41 bits per heavy atom. The Balaban J connectivity index is 2.43. The first-order valence-electron chi connectivity index (χ1n) is 5.97. The van der Waals surface area contributed by atoms with Crippen molar-refractivity contribution in [3.8, 4) is 0 Å². The second-order valence-electron chi connectivity index (χ2n) is 4.31. The van der Waals surface area contributed by atoms with E-state index in [0.29, 0.717) is 18.6 Å². The standard InChI is InChI=1S/C14H17FO2/c1-2-14(16,11-6-5-9-17-10-11)12-7-3-4-8-13(12)15/h3-4,7-8,10,16H,2,5-6,9H2,1H3. The fourth-order valence-corrected chi connectivity index (χ4v) is 2.26. The van der Waals surface area contributed by atoms with Gasteiger partial charge in [0.05, 0.1) is 12.9 Å². The molecule has 1 aliphatic heterocycles. The fraction of sp³-hybridized carbons (Fsp3) is 0.429. The SMILES string of the molecule is CCC(O)(C1=COCCC1)c1ccccc1F. The van der Waals surface area contributed by atoms with Gasteiger partial charge in [-0.3, -0.25) is 0 Å². The minimum Gasteiger partial charge on any atom is -0.501 e. The molecule has 3 heteroatoms. The highest BCUT2D eigenvalue weighted by atomic mass is 19.1. The summed E-state index contributed by atoms with van der Waals surface area (Å²) in [7, 11) is 0. The van der Waals surface area contributed by atoms with Crippen LogP contribution in [0.2, 0.25) is 0 Å². The zero-order valence-electron chi connectivity index (χ0n) is 9.95. The molecular weight excluding hydrogens is 219 g/mol. The lowest BCUT2D eigenvalue weighted by molar-refractivity contribution is 0.0524. The monoisotopic (exact) mass is 236 g/mol. The van der Waals surface area contributed by atoms with Crippen LogP contribution in [0.25, 0.3) is 0 Å². The maximum atomic E-state index is 13.8. The van der Waals surface area contributed by atoms with E-state index in [2.05, 4.69) is 0 Å². The second-order valence-corrected chi connectivity index (χ2v) is 4.31. The molecule has 0 saturated carbocycles. The van der Waals surface area contributed by atoms with Gasteiger partial charge in [0.15, 0.2) is 0 Å². The highest BCUT2D eigenvalue weighted by Crippen LogP contribution is 2.37. The van der Waals surface area contributed by atoms with E-state index in [1.807, 2.05) is 6.92 Å². The first-order chi connectivity index (χ1) is 8.18. The molecule has 1 unspecified atom stereocenters. The number of halogens is 1. The summed E-state index contributed by atoms with van der Waals surface area (Å²) in [6.07, 6.45) is 3.63. The van der Waals surface area contributed by atoms with Crippen molar-refractivity contribution in [3.05, 3.63) is 47.5 Å². The van der Waals surface area contributed by atoms with Crippen molar-refractivity contribution < 1.29 is 14.2 Å². The van der Waals surface area contributed by atoms with Gasteiger partial charge in [0, 0.05) is 11.1 Å². The Bertz CT molecular complexity index is 428. The highest BCUT2D eigenvalue weighted by Gasteiger charge is 2.35. The third-order valence-corrected chi connectivity index (χ3v) is 3.30. The Kier molecular flexibility index (Phi) is 3.48. The molecule has 1 heterocycles. The molecule has 0 radical (unpaired) electrons. The number of ether oxygens (including phenoxy) is 1. The van der Waals surface area contributed by atoms with Crippen LogP contribution in [0.4, 0.5) is 4.39 Å². The first kappa shape index (κ1) is 12.1. The van der Waals surface area contributed by atoms with Crippen molar-refractivity contribution in [1.82, 2.24) is 0 Å². The number of hydrogen-bond acceptors (Lipinski definition) is 2. The van der Waals surface area contributed by atoms with E-state index in [4.69, 9.17) is 4.74 Å². The molecule has 1 atom stereocenters. The minimum absolute atomic E-state index is 0.333. The Morgan fingerprint density at radius 3 is 2.76 bits per heavy atom. The maximum Gasteiger partial charge on any atom is 0.129 e. The molecule has 0 fully saturated rings. The number of hydrogen-bond donors (Lipinski definition) is 1. The molecule has 1 aromatic rings. The van der Waals surface area contributed by atoms with Crippen LogP contribution in [0.1, 0.15) is 31.7 Å². The highest BCUT2D eigenvalue weighted by molar-refractivity contribution is 5.33. The second kappa shape index (κ2) is 4.88. The van der Waals surface area contributed by atoms with Crippen molar-refractivity contribution in [1.29, 1.82) is 0 Å². The summed E-state index contributed by atoms with van der Waals surface area (Å²) < 4.78 is 19.0. The van der Waals surface area contributed by atoms with Gasteiger partial charge in [-0.25, -0.2) is 4.39 Å². The topological polar surface area (TPSA) is 29.5 Å². The van der Waals surface area contributed by atoms with Crippen LogP contribution in [-0.4, -0.2) is 11.7 Å². The van der Waals surface area contributed by atoms with Gasteiger partial charge in [0.25, 0.3) is 0 Å². The number of rotatable bonds is 3. The Hall–Kier alpha value is -1.35. The largest absolute Gasteiger partial charge is 0.501 e. The minimum atomic E-state index is -1.24. The van der Waals surface area contributed by atoms with Crippen LogP contribution in [0, 0.1) is 5.82 Å². The lowest BCUT2D eigenvalue weighted by Gasteiger charge is -2.32. The van der Waals surface area contributed by atoms with Crippen LogP contribution in [0.5, 0.6) is 0 Å². The summed E-state index contributed by atoms with van der Waals surface area (Å²) in [5, 5.41) is 10.7. The molecule has 0 bridgehead atoms. The molecule has 0 aliphatic carbocycles. The van der Waals surface area contributed by atoms with Gasteiger partial charge in [-0.15, -0.1) is 0 Å². The maximum absolute atomic E-state index is 13.8. The Labute approximate surface area is 101 Å². The molecular formula is C14H17FO2. The van der Waals surface area contributed by atoms with Crippen LogP contribution in [0.15, 0.2) is 36.1 Å². The molecule has 2 nitrogen and oxygen atoms in total. The van der Waals surface area contributed by atoms with Crippen LogP contribution >= 0.6 is 0 Å². The van der Waals surface area contributed by atoms with Gasteiger partial charge in [-0.1, -0.05) is 25.1 Å². The summed E-state index contributed by atoms with van der Waals surface area (Å²) in [5.41, 5.74) is -0.151. The fourth-order valence-electron chi connectivity index (χ4n) is 2.26. The van der Waals surface area contributed by atoms with E-state index in [9.17, 15) is 9.50 Å². The van der Waals surface area contributed by atoms with E-state index in [0.717, 1.165) is 18.4 Å². The lowest BCUT2D eigenvalue weighted by Crippen LogP contribution is -2.30. The molecule has 0 aromatic heterocycles. The van der Waals surface area contributed by atoms with Crippen LogP contribution in [-0.2, 0) is 10.3 Å². The van der Waals surface area contributed by atoms with E-state index < -0.39 is 5.60 Å². The molecule has 1 N–H and O–H groups in total. The van der Waals surface area contributed by atoms with Crippen LogP contribution < -0.4 is 0 Å². The molecule has 17 heavy (non-hydrogen) atoms. The van der Waals surface area contributed by atoms with Gasteiger partial charge >= 0.3 is 0 Å². The zero-order chi connectivity index (χ0) is 12.3. The van der Waals surface area contributed by atoms with E-state index in [-0.39, 0.29) is 5.82 Å². The predicted octanol–water partition coefficient (Wildman–Crippen LogP) is 3.12. The summed E-state index contributed by atoms with van der Waals surface area (Å²) in [6, 6.07) is 6.37. The van der Waals surface area contributed by atoms with E-state index in [1.165, 1.54) is 6.07 Å². The van der Waals surface area contributed by atoms with Crippen molar-refractivity contribution >= 4 is 0 Å². The third-order valence-electron chi connectivity index (χ3n) is 3.30. The predicted molar refractivity (Wildman–Crippen MR) is 63.9 cm³/mol. The number of aliphatic hydroxyl groups is 1. The van der Waals surface area contributed by atoms with Crippen LogP contribution in [0.3, 0.4) is 0 Å². The van der Waals surface area contributed by atoms with Gasteiger partial charge in [-0.2, -0.15) is 0 Å². The first-order valence-corrected chi connectivity index (χ1v) is 5.97. The Morgan fingerprint density at radius 2 is 2.18 bits per heavy atom. The smallest absolute Gasteiger partial charge is 0.129 e. The van der Waals surface area contributed by atoms with Crippen molar-refractivity contribution in [3.63, 3.8) is 0 Å². The molecule has 0 amide bonds. The molecule has 0 saturated heterocycles. The summed E-state index contributed by atoms with van der Waals surface area (Å²) >= 11 is 0. The van der Waals surface area contributed by atoms with Gasteiger partial charge in [-0.05, 0) is 25.3 Å². The summed E-state index contributed by atoms with van der Waals surface area (Å²) in [4.78, 5) is 0. The summed E-state index contributed by atoms with van der Waals surface area (Å²) in [6.45, 7) is 2.52. The third kappa shape index (κ3) is 2.20. The van der Waals surface area contributed by atoms with Gasteiger partial charge in [0.1, 0.15) is 11.4 Å². The molecule has 1 aliphatic rings. The van der Waals surface area contributed by atoms with Crippen molar-refractivity contribution in [2.45, 2.75) is 31.8 Å². The van der Waals surface area contributed by atoms with Crippen molar-refractivity contribution in [2.24, 2.45) is 0 Å². The molecule has 0 spiro atoms. The molecule has 1 aromatic carbocycles. The molecule has 2 rings (SSSR count). The lowest BCUT2D eigenvalue weighted by atomic mass is 9.81. The van der Waals surface area contributed by atoms with Gasteiger partial charge < -0.3 is 9.84 Å². The van der Waals surface area contributed by atoms with Gasteiger partial charge in [0.2, 0.25) is 0 Å². The van der Waals surface area contributed by atoms with E-state index >= 15 is 0 Å². The van der Waals surface area contributed by atoms with Crippen molar-refractivity contribution in [2.75, 3.05) is 6.61 Å². The molecule has 92 valence electrons. The number of benzene rings is 1. The van der Waals surface area contributed by atoms with E-state index in [1.54, 1.807) is 24.5 Å². The normalized spacial score (nSPS) is 19.1. The average Bonchev–Trinajstić information content (AvgIpc) is 2.39.